The maximum Gasteiger partial charge on any atom is 0.0246 e. The highest BCUT2D eigenvalue weighted by Crippen LogP contribution is 1.95. The van der Waals surface area contributed by atoms with E-state index in [9.17, 15) is 0 Å². The minimum atomic E-state index is 0.231. The van der Waals surface area contributed by atoms with Gasteiger partial charge in [-0.25, -0.2) is 0 Å². The molecule has 0 unspecified atom stereocenters. The Labute approximate surface area is 79.1 Å². The minimum Gasteiger partial charge on any atom is -0.318 e. The van der Waals surface area contributed by atoms with Gasteiger partial charge in [-0.3, -0.25) is 0 Å². The molecule has 0 saturated carbocycles. The number of likely N-dealkylation sites (N-methyl/N-ethyl adjacent to an activating group) is 2. The first-order chi connectivity index (χ1) is 5.62. The highest BCUT2D eigenvalue weighted by Gasteiger charge is 2.11. The second-order valence-electron chi connectivity index (χ2n) is 2.66. The van der Waals surface area contributed by atoms with Crippen molar-refractivity contribution in [3.05, 3.63) is 0 Å². The molecule has 0 aliphatic carbocycles. The zero-order chi connectivity index (χ0) is 10.6. The van der Waals surface area contributed by atoms with E-state index in [2.05, 4.69) is 24.5 Å². The van der Waals surface area contributed by atoms with Gasteiger partial charge >= 0.3 is 0 Å². The molecule has 0 atom stereocenters. The maximum atomic E-state index is 3.18. The van der Waals surface area contributed by atoms with Gasteiger partial charge in [-0.1, -0.05) is 27.7 Å². The van der Waals surface area contributed by atoms with Gasteiger partial charge in [0.2, 0.25) is 0 Å². The summed E-state index contributed by atoms with van der Waals surface area (Å²) in [7, 11) is 3.93. The fourth-order valence-corrected chi connectivity index (χ4v) is 0.530. The molecule has 0 aliphatic heterocycles. The fraction of sp³-hybridized carbons (Fsp3) is 1.00. The summed E-state index contributed by atoms with van der Waals surface area (Å²) in [5, 5.41) is 6.28. The van der Waals surface area contributed by atoms with Gasteiger partial charge in [-0.05, 0) is 27.9 Å². The SMILES string of the molecule is CC.CC.CNCC(C)(C)NC. The molecule has 0 aromatic heterocycles. The van der Waals surface area contributed by atoms with Gasteiger partial charge in [0.05, 0.1) is 0 Å². The van der Waals surface area contributed by atoms with Crippen molar-refractivity contribution in [2.45, 2.75) is 47.1 Å². The normalized spacial score (nSPS) is 9.00. The van der Waals surface area contributed by atoms with Crippen LogP contribution in [0.15, 0.2) is 0 Å². The molecular weight excluding hydrogens is 148 g/mol. The molecule has 0 aromatic carbocycles. The van der Waals surface area contributed by atoms with E-state index in [1.165, 1.54) is 0 Å². The van der Waals surface area contributed by atoms with Gasteiger partial charge in [0, 0.05) is 12.1 Å². The first-order valence-electron chi connectivity index (χ1n) is 4.96. The molecule has 0 radical (unpaired) electrons. The van der Waals surface area contributed by atoms with Crippen LogP contribution in [-0.2, 0) is 0 Å². The predicted octanol–water partition coefficient (Wildman–Crippen LogP) is 2.26. The van der Waals surface area contributed by atoms with Crippen LogP contribution in [0.3, 0.4) is 0 Å². The molecule has 0 rings (SSSR count). The summed E-state index contributed by atoms with van der Waals surface area (Å²) >= 11 is 0. The predicted molar refractivity (Wildman–Crippen MR) is 59.8 cm³/mol. The van der Waals surface area contributed by atoms with Crippen LogP contribution in [0.5, 0.6) is 0 Å². The summed E-state index contributed by atoms with van der Waals surface area (Å²) in [6.07, 6.45) is 0. The van der Waals surface area contributed by atoms with Gasteiger partial charge in [-0.15, -0.1) is 0 Å². The van der Waals surface area contributed by atoms with Crippen LogP contribution in [0.25, 0.3) is 0 Å². The van der Waals surface area contributed by atoms with Crippen LogP contribution < -0.4 is 10.6 Å². The van der Waals surface area contributed by atoms with E-state index >= 15 is 0 Å². The molecule has 0 bridgehead atoms. The van der Waals surface area contributed by atoms with Gasteiger partial charge in [0.1, 0.15) is 0 Å². The lowest BCUT2D eigenvalue weighted by atomic mass is 10.1. The Kier molecular flexibility index (Phi) is 20.1. The highest BCUT2D eigenvalue weighted by molar-refractivity contribution is 4.76. The summed E-state index contributed by atoms with van der Waals surface area (Å²) in [4.78, 5) is 0. The molecule has 0 fully saturated rings. The first kappa shape index (κ1) is 17.9. The van der Waals surface area contributed by atoms with Gasteiger partial charge in [0.25, 0.3) is 0 Å². The van der Waals surface area contributed by atoms with Crippen LogP contribution in [-0.4, -0.2) is 26.2 Å². The van der Waals surface area contributed by atoms with E-state index < -0.39 is 0 Å². The summed E-state index contributed by atoms with van der Waals surface area (Å²) in [5.41, 5.74) is 0.231. The van der Waals surface area contributed by atoms with Crippen molar-refractivity contribution in [3.63, 3.8) is 0 Å². The highest BCUT2D eigenvalue weighted by atomic mass is 15.0. The lowest BCUT2D eigenvalue weighted by Gasteiger charge is -2.22. The molecule has 78 valence electrons. The van der Waals surface area contributed by atoms with Crippen molar-refractivity contribution in [2.75, 3.05) is 20.6 Å². The van der Waals surface area contributed by atoms with Crippen molar-refractivity contribution in [2.24, 2.45) is 0 Å². The molecule has 2 N–H and O–H groups in total. The van der Waals surface area contributed by atoms with E-state index in [0.717, 1.165) is 6.54 Å². The maximum absolute atomic E-state index is 3.18. The zero-order valence-corrected chi connectivity index (χ0v) is 10.2. The van der Waals surface area contributed by atoms with E-state index in [1.54, 1.807) is 0 Å². The molecular formula is C10H28N2. The van der Waals surface area contributed by atoms with Crippen LogP contribution in [0.2, 0.25) is 0 Å². The van der Waals surface area contributed by atoms with Gasteiger partial charge < -0.3 is 10.6 Å². The molecule has 2 nitrogen and oxygen atoms in total. The number of hydrogen-bond donors (Lipinski definition) is 2. The Hall–Kier alpha value is -0.0800. The molecule has 0 aromatic rings. The average Bonchev–Trinajstić information content (AvgIpc) is 2.12. The lowest BCUT2D eigenvalue weighted by molar-refractivity contribution is 0.408. The monoisotopic (exact) mass is 176 g/mol. The smallest absolute Gasteiger partial charge is 0.0246 e. The second-order valence-corrected chi connectivity index (χ2v) is 2.66. The topological polar surface area (TPSA) is 24.1 Å². The van der Waals surface area contributed by atoms with Crippen molar-refractivity contribution in [3.8, 4) is 0 Å². The molecule has 0 aliphatic rings. The first-order valence-corrected chi connectivity index (χ1v) is 4.96. The van der Waals surface area contributed by atoms with E-state index in [0.29, 0.717) is 0 Å². The summed E-state index contributed by atoms with van der Waals surface area (Å²) in [6.45, 7) is 13.3. The summed E-state index contributed by atoms with van der Waals surface area (Å²) in [6, 6.07) is 0. The molecule has 0 heterocycles. The Bertz CT molecular complexity index is 60.9. The van der Waals surface area contributed by atoms with Crippen molar-refractivity contribution >= 4 is 0 Å². The molecule has 0 spiro atoms. The Balaban J connectivity index is -0.000000175. The van der Waals surface area contributed by atoms with Crippen molar-refractivity contribution in [1.82, 2.24) is 10.6 Å². The molecule has 12 heavy (non-hydrogen) atoms. The largest absolute Gasteiger partial charge is 0.318 e. The van der Waals surface area contributed by atoms with Crippen LogP contribution in [0.4, 0.5) is 0 Å². The quantitative estimate of drug-likeness (QED) is 0.689. The number of hydrogen-bond acceptors (Lipinski definition) is 2. The van der Waals surface area contributed by atoms with Crippen molar-refractivity contribution < 1.29 is 0 Å². The van der Waals surface area contributed by atoms with Crippen LogP contribution in [0.1, 0.15) is 41.5 Å². The van der Waals surface area contributed by atoms with E-state index in [4.69, 9.17) is 0 Å². The summed E-state index contributed by atoms with van der Waals surface area (Å²) in [5.74, 6) is 0. The molecule has 2 heteroatoms. The van der Waals surface area contributed by atoms with Crippen LogP contribution in [0, 0.1) is 0 Å². The third-order valence-electron chi connectivity index (χ3n) is 1.30. The fourth-order valence-electron chi connectivity index (χ4n) is 0.530. The Morgan fingerprint density at radius 3 is 1.33 bits per heavy atom. The zero-order valence-electron chi connectivity index (χ0n) is 10.2. The number of rotatable bonds is 3. The third-order valence-corrected chi connectivity index (χ3v) is 1.30. The van der Waals surface area contributed by atoms with Crippen LogP contribution >= 0.6 is 0 Å². The minimum absolute atomic E-state index is 0.231. The lowest BCUT2D eigenvalue weighted by Crippen LogP contribution is -2.44. The van der Waals surface area contributed by atoms with E-state index in [-0.39, 0.29) is 5.54 Å². The van der Waals surface area contributed by atoms with Gasteiger partial charge in [-0.2, -0.15) is 0 Å². The standard InChI is InChI=1S/C6H16N2.2C2H6/c1-6(2,8-4)5-7-3;2*1-2/h7-8H,5H2,1-4H3;2*1-2H3. The molecule has 0 amide bonds. The Morgan fingerprint density at radius 2 is 1.25 bits per heavy atom. The van der Waals surface area contributed by atoms with E-state index in [1.807, 2.05) is 41.8 Å². The average molecular weight is 176 g/mol. The number of nitrogens with one attached hydrogen (secondary N) is 2. The van der Waals surface area contributed by atoms with Crippen molar-refractivity contribution in [1.29, 1.82) is 0 Å². The third kappa shape index (κ3) is 16.5. The van der Waals surface area contributed by atoms with Gasteiger partial charge in [0.15, 0.2) is 0 Å². The second kappa shape index (κ2) is 13.5. The Morgan fingerprint density at radius 1 is 0.917 bits per heavy atom. The molecule has 0 saturated heterocycles. The summed E-state index contributed by atoms with van der Waals surface area (Å²) < 4.78 is 0.